The van der Waals surface area contributed by atoms with Crippen LogP contribution >= 0.6 is 0 Å². The summed E-state index contributed by atoms with van der Waals surface area (Å²) in [6.45, 7) is 6.56. The molecule has 0 aromatic carbocycles. The highest BCUT2D eigenvalue weighted by atomic mass is 19.4. The van der Waals surface area contributed by atoms with Crippen LogP contribution in [0.25, 0.3) is 0 Å². The molecule has 0 atom stereocenters. The van der Waals surface area contributed by atoms with Crippen molar-refractivity contribution in [1.29, 1.82) is 0 Å². The average Bonchev–Trinajstić information content (AvgIpc) is 2.19. The lowest BCUT2D eigenvalue weighted by Gasteiger charge is -2.34. The number of nitrogens with zero attached hydrogens (tertiary/aromatic N) is 2. The fourth-order valence-corrected chi connectivity index (χ4v) is 1.84. The summed E-state index contributed by atoms with van der Waals surface area (Å²) in [4.78, 5) is 3.68. The fourth-order valence-electron chi connectivity index (χ4n) is 1.84. The minimum absolute atomic E-state index is 0.519. The molecular formula is C10H20F3N3. The third-order valence-electron chi connectivity index (χ3n) is 2.72. The first-order chi connectivity index (χ1) is 7.51. The number of halogens is 3. The van der Waals surface area contributed by atoms with Crippen LogP contribution in [-0.2, 0) is 0 Å². The Morgan fingerprint density at radius 1 is 1.06 bits per heavy atom. The molecule has 96 valence electrons. The first-order valence-electron chi connectivity index (χ1n) is 5.73. The maximum absolute atomic E-state index is 12.1. The number of piperazine rings is 1. The lowest BCUT2D eigenvalue weighted by Crippen LogP contribution is -2.50. The molecule has 0 unspecified atom stereocenters. The van der Waals surface area contributed by atoms with Crippen LogP contribution in [0.15, 0.2) is 0 Å². The number of rotatable bonds is 5. The Morgan fingerprint density at radius 2 is 1.62 bits per heavy atom. The van der Waals surface area contributed by atoms with Gasteiger partial charge in [-0.1, -0.05) is 6.92 Å². The van der Waals surface area contributed by atoms with E-state index >= 15 is 0 Å². The van der Waals surface area contributed by atoms with Crippen molar-refractivity contribution >= 4 is 0 Å². The summed E-state index contributed by atoms with van der Waals surface area (Å²) in [5, 5.41) is 3.21. The van der Waals surface area contributed by atoms with Crippen LogP contribution in [0, 0.1) is 0 Å². The molecule has 16 heavy (non-hydrogen) atoms. The summed E-state index contributed by atoms with van der Waals surface area (Å²) < 4.78 is 36.4. The Bertz CT molecular complexity index is 188. The van der Waals surface area contributed by atoms with Crippen molar-refractivity contribution in [3.63, 3.8) is 0 Å². The lowest BCUT2D eigenvalue weighted by molar-refractivity contribution is -0.149. The van der Waals surface area contributed by atoms with E-state index in [1.54, 1.807) is 0 Å². The topological polar surface area (TPSA) is 18.5 Å². The highest BCUT2D eigenvalue weighted by Crippen LogP contribution is 2.17. The predicted octanol–water partition coefficient (Wildman–Crippen LogP) is 0.776. The molecule has 0 aromatic rings. The molecule has 1 N–H and O–H groups in total. The Labute approximate surface area is 94.6 Å². The second kappa shape index (κ2) is 6.42. The van der Waals surface area contributed by atoms with E-state index in [1.807, 2.05) is 6.92 Å². The third kappa shape index (κ3) is 5.67. The number of hydrogen-bond acceptors (Lipinski definition) is 3. The number of alkyl halides is 3. The van der Waals surface area contributed by atoms with Crippen LogP contribution in [0.2, 0.25) is 0 Å². The van der Waals surface area contributed by atoms with Crippen LogP contribution in [0.5, 0.6) is 0 Å². The zero-order valence-electron chi connectivity index (χ0n) is 9.69. The molecule has 1 heterocycles. The summed E-state index contributed by atoms with van der Waals surface area (Å²) in [5.41, 5.74) is 0. The minimum atomic E-state index is -4.06. The van der Waals surface area contributed by atoms with Gasteiger partial charge in [-0.3, -0.25) is 9.80 Å². The van der Waals surface area contributed by atoms with Gasteiger partial charge < -0.3 is 5.32 Å². The molecule has 1 saturated heterocycles. The van der Waals surface area contributed by atoms with Gasteiger partial charge in [0.15, 0.2) is 0 Å². The van der Waals surface area contributed by atoms with E-state index in [1.165, 1.54) is 4.90 Å². The van der Waals surface area contributed by atoms with Crippen LogP contribution in [0.1, 0.15) is 6.92 Å². The van der Waals surface area contributed by atoms with Crippen LogP contribution in [0.4, 0.5) is 13.2 Å². The van der Waals surface area contributed by atoms with Gasteiger partial charge in [-0.05, 0) is 6.54 Å². The second-order valence-corrected chi connectivity index (χ2v) is 4.09. The zero-order chi connectivity index (χ0) is 12.0. The number of likely N-dealkylation sites (N-methyl/N-ethyl adjacent to an activating group) is 1. The molecule has 1 aliphatic rings. The summed E-state index contributed by atoms with van der Waals surface area (Å²) in [5.74, 6) is 0. The van der Waals surface area contributed by atoms with E-state index in [9.17, 15) is 13.2 Å². The summed E-state index contributed by atoms with van der Waals surface area (Å²) in [7, 11) is 0. The normalized spacial score (nSPS) is 20.2. The SMILES string of the molecule is CCNCCN1CCN(CC(F)(F)F)CC1. The Morgan fingerprint density at radius 3 is 2.12 bits per heavy atom. The molecule has 0 aromatic heterocycles. The van der Waals surface area contributed by atoms with Crippen molar-refractivity contribution in [2.45, 2.75) is 13.1 Å². The van der Waals surface area contributed by atoms with Crippen molar-refractivity contribution < 1.29 is 13.2 Å². The molecule has 0 amide bonds. The molecule has 0 saturated carbocycles. The van der Waals surface area contributed by atoms with Gasteiger partial charge in [0.05, 0.1) is 6.54 Å². The minimum Gasteiger partial charge on any atom is -0.316 e. The van der Waals surface area contributed by atoms with Crippen LogP contribution in [-0.4, -0.2) is 68.3 Å². The van der Waals surface area contributed by atoms with Crippen molar-refractivity contribution in [1.82, 2.24) is 15.1 Å². The van der Waals surface area contributed by atoms with Gasteiger partial charge in [0.1, 0.15) is 0 Å². The van der Waals surface area contributed by atoms with Gasteiger partial charge in [0.25, 0.3) is 0 Å². The maximum atomic E-state index is 12.1. The Hall–Kier alpha value is -0.330. The van der Waals surface area contributed by atoms with Crippen molar-refractivity contribution in [2.75, 3.05) is 52.4 Å². The molecule has 0 spiro atoms. The molecular weight excluding hydrogens is 219 g/mol. The monoisotopic (exact) mass is 239 g/mol. The summed E-state index contributed by atoms with van der Waals surface area (Å²) >= 11 is 0. The van der Waals surface area contributed by atoms with Crippen molar-refractivity contribution in [2.24, 2.45) is 0 Å². The van der Waals surface area contributed by atoms with E-state index in [2.05, 4.69) is 10.2 Å². The first-order valence-corrected chi connectivity index (χ1v) is 5.73. The number of hydrogen-bond donors (Lipinski definition) is 1. The van der Waals surface area contributed by atoms with E-state index in [-0.39, 0.29) is 0 Å². The van der Waals surface area contributed by atoms with Gasteiger partial charge in [-0.2, -0.15) is 13.2 Å². The van der Waals surface area contributed by atoms with Crippen LogP contribution in [0.3, 0.4) is 0 Å². The van der Waals surface area contributed by atoms with Gasteiger partial charge in [0, 0.05) is 39.3 Å². The van der Waals surface area contributed by atoms with E-state index < -0.39 is 12.7 Å². The number of nitrogens with one attached hydrogen (secondary N) is 1. The largest absolute Gasteiger partial charge is 0.401 e. The molecule has 1 rings (SSSR count). The van der Waals surface area contributed by atoms with Gasteiger partial charge in [0.2, 0.25) is 0 Å². The molecule has 0 aliphatic carbocycles. The van der Waals surface area contributed by atoms with Crippen molar-refractivity contribution in [3.05, 3.63) is 0 Å². The van der Waals surface area contributed by atoms with E-state index in [0.29, 0.717) is 13.1 Å². The first kappa shape index (κ1) is 13.7. The smallest absolute Gasteiger partial charge is 0.316 e. The Kier molecular flexibility index (Phi) is 5.51. The van der Waals surface area contributed by atoms with E-state index in [4.69, 9.17) is 0 Å². The van der Waals surface area contributed by atoms with Crippen molar-refractivity contribution in [3.8, 4) is 0 Å². The quantitative estimate of drug-likeness (QED) is 0.715. The Balaban J connectivity index is 2.13. The molecule has 0 bridgehead atoms. The zero-order valence-corrected chi connectivity index (χ0v) is 9.69. The van der Waals surface area contributed by atoms with Gasteiger partial charge in [-0.25, -0.2) is 0 Å². The molecule has 1 fully saturated rings. The fraction of sp³-hybridized carbons (Fsp3) is 1.00. The molecule has 6 heteroatoms. The molecule has 1 aliphatic heterocycles. The molecule has 0 radical (unpaired) electrons. The highest BCUT2D eigenvalue weighted by molar-refractivity contribution is 4.74. The van der Waals surface area contributed by atoms with Gasteiger partial charge >= 0.3 is 6.18 Å². The summed E-state index contributed by atoms with van der Waals surface area (Å²) in [6, 6.07) is 0. The van der Waals surface area contributed by atoms with Gasteiger partial charge in [-0.15, -0.1) is 0 Å². The third-order valence-corrected chi connectivity index (χ3v) is 2.72. The maximum Gasteiger partial charge on any atom is 0.401 e. The molecule has 3 nitrogen and oxygen atoms in total. The van der Waals surface area contributed by atoms with Crippen LogP contribution < -0.4 is 5.32 Å². The highest BCUT2D eigenvalue weighted by Gasteiger charge is 2.31. The lowest BCUT2D eigenvalue weighted by atomic mass is 10.3. The summed E-state index contributed by atoms with van der Waals surface area (Å²) in [6.07, 6.45) is -4.06. The second-order valence-electron chi connectivity index (χ2n) is 4.09. The standard InChI is InChI=1S/C10H20F3N3/c1-2-14-3-4-15-5-7-16(8-6-15)9-10(11,12)13/h14H,2-9H2,1H3. The predicted molar refractivity (Wildman–Crippen MR) is 57.5 cm³/mol. The average molecular weight is 239 g/mol. The van der Waals surface area contributed by atoms with E-state index in [0.717, 1.165) is 32.7 Å².